The third-order valence-electron chi connectivity index (χ3n) is 2.71. The Morgan fingerprint density at radius 3 is 2.89 bits per heavy atom. The van der Waals surface area contributed by atoms with Crippen LogP contribution in [0.15, 0.2) is 36.2 Å². The van der Waals surface area contributed by atoms with E-state index in [1.807, 2.05) is 29.6 Å². The Kier molecular flexibility index (Phi) is 4.12. The first-order valence-corrected chi connectivity index (χ1v) is 7.00. The molecule has 0 aliphatic rings. The highest BCUT2D eigenvalue weighted by atomic mass is 32.1. The van der Waals surface area contributed by atoms with Gasteiger partial charge in [0.15, 0.2) is 0 Å². The lowest BCUT2D eigenvalue weighted by Crippen LogP contribution is -1.95. The van der Waals surface area contributed by atoms with Crippen molar-refractivity contribution in [2.45, 2.75) is 13.3 Å². The molecule has 0 saturated heterocycles. The molecule has 0 fully saturated rings. The molecule has 0 aliphatic heterocycles. The average Bonchev–Trinajstić information content (AvgIpc) is 2.78. The molecule has 0 saturated carbocycles. The third-order valence-corrected chi connectivity index (χ3v) is 3.75. The van der Waals surface area contributed by atoms with Crippen LogP contribution in [0.1, 0.15) is 18.2 Å². The van der Waals surface area contributed by atoms with E-state index < -0.39 is 0 Å². The van der Waals surface area contributed by atoms with E-state index in [2.05, 4.69) is 13.5 Å². The van der Waals surface area contributed by atoms with Crippen molar-refractivity contribution in [2.24, 2.45) is 0 Å². The van der Waals surface area contributed by atoms with Gasteiger partial charge in [-0.3, -0.25) is 0 Å². The maximum Gasteiger partial charge on any atom is 0.127 e. The van der Waals surface area contributed by atoms with Crippen LogP contribution in [0.5, 0.6) is 5.75 Å². The lowest BCUT2D eigenvalue weighted by Gasteiger charge is -2.07. The van der Waals surface area contributed by atoms with Gasteiger partial charge in [0.25, 0.3) is 0 Å². The highest BCUT2D eigenvalue weighted by Gasteiger charge is 2.12. The molecule has 3 N–H and O–H groups in total. The van der Waals surface area contributed by atoms with E-state index in [1.165, 1.54) is 11.3 Å². The molecule has 0 amide bonds. The number of hydrogen-bond acceptors (Lipinski definition) is 4. The largest absolute Gasteiger partial charge is 0.507 e. The molecule has 0 bridgehead atoms. The molecule has 1 aromatic carbocycles. The topological polar surface area (TPSA) is 55.5 Å². The van der Waals surface area contributed by atoms with E-state index >= 15 is 0 Å². The molecule has 2 aromatic rings. The minimum Gasteiger partial charge on any atom is -0.507 e. The smallest absolute Gasteiger partial charge is 0.127 e. The van der Waals surface area contributed by atoms with Gasteiger partial charge in [-0.05, 0) is 24.1 Å². The van der Waals surface area contributed by atoms with Gasteiger partial charge in [-0.25, -0.2) is 0 Å². The fourth-order valence-corrected chi connectivity index (χ4v) is 2.66. The maximum atomic E-state index is 9.45. The lowest BCUT2D eigenvalue weighted by atomic mass is 10.1. The van der Waals surface area contributed by atoms with Gasteiger partial charge >= 0.3 is 0 Å². The molecule has 3 nitrogen and oxygen atoms in total. The van der Waals surface area contributed by atoms with E-state index in [4.69, 9.17) is 10.5 Å². The Bertz CT molecular complexity index is 590. The SMILES string of the molecule is C=C(O)c1scc(-c2cccc(OCCC)c2)c1N. The number of benzene rings is 1. The van der Waals surface area contributed by atoms with Gasteiger partial charge in [0.05, 0.1) is 17.2 Å². The molecule has 0 atom stereocenters. The maximum absolute atomic E-state index is 9.45. The van der Waals surface area contributed by atoms with Gasteiger partial charge in [0.2, 0.25) is 0 Å². The number of rotatable bonds is 5. The van der Waals surface area contributed by atoms with Gasteiger partial charge in [0.1, 0.15) is 11.5 Å². The molecule has 0 spiro atoms. The summed E-state index contributed by atoms with van der Waals surface area (Å²) in [5, 5.41) is 11.4. The van der Waals surface area contributed by atoms with Crippen LogP contribution >= 0.6 is 11.3 Å². The number of anilines is 1. The second-order valence-electron chi connectivity index (χ2n) is 4.22. The normalized spacial score (nSPS) is 10.4. The summed E-state index contributed by atoms with van der Waals surface area (Å²) >= 11 is 1.39. The summed E-state index contributed by atoms with van der Waals surface area (Å²) in [5.41, 5.74) is 8.48. The van der Waals surface area contributed by atoms with Crippen LogP contribution in [-0.4, -0.2) is 11.7 Å². The molecule has 0 unspecified atom stereocenters. The number of thiophene rings is 1. The van der Waals surface area contributed by atoms with Crippen LogP contribution in [-0.2, 0) is 0 Å². The molecule has 100 valence electrons. The van der Waals surface area contributed by atoms with Gasteiger partial charge in [0, 0.05) is 10.9 Å². The van der Waals surface area contributed by atoms with Crippen LogP contribution in [0.4, 0.5) is 5.69 Å². The Morgan fingerprint density at radius 2 is 2.26 bits per heavy atom. The van der Waals surface area contributed by atoms with Gasteiger partial charge < -0.3 is 15.6 Å². The van der Waals surface area contributed by atoms with Crippen LogP contribution in [0, 0.1) is 0 Å². The summed E-state index contributed by atoms with van der Waals surface area (Å²) in [6, 6.07) is 7.79. The van der Waals surface area contributed by atoms with Gasteiger partial charge in [-0.2, -0.15) is 0 Å². The summed E-state index contributed by atoms with van der Waals surface area (Å²) in [7, 11) is 0. The Labute approximate surface area is 117 Å². The molecule has 19 heavy (non-hydrogen) atoms. The molecule has 1 aromatic heterocycles. The zero-order chi connectivity index (χ0) is 13.8. The number of ether oxygens (including phenoxy) is 1. The van der Waals surface area contributed by atoms with Crippen molar-refractivity contribution in [3.63, 3.8) is 0 Å². The first-order chi connectivity index (χ1) is 9.13. The predicted octanol–water partition coefficient (Wildman–Crippen LogP) is 4.31. The van der Waals surface area contributed by atoms with Crippen molar-refractivity contribution in [1.82, 2.24) is 0 Å². The van der Waals surface area contributed by atoms with Crippen molar-refractivity contribution in [3.05, 3.63) is 41.1 Å². The van der Waals surface area contributed by atoms with Crippen molar-refractivity contribution in [2.75, 3.05) is 12.3 Å². The Morgan fingerprint density at radius 1 is 1.47 bits per heavy atom. The summed E-state index contributed by atoms with van der Waals surface area (Å²) in [6.07, 6.45) is 0.972. The van der Waals surface area contributed by atoms with Crippen LogP contribution in [0.25, 0.3) is 16.9 Å². The van der Waals surface area contributed by atoms with E-state index in [1.54, 1.807) is 0 Å². The molecule has 4 heteroatoms. The summed E-state index contributed by atoms with van der Waals surface area (Å²) in [4.78, 5) is 0.620. The van der Waals surface area contributed by atoms with E-state index in [0.717, 1.165) is 23.3 Å². The minimum atomic E-state index is 0.00661. The molecular weight excluding hydrogens is 258 g/mol. The number of nitrogen functional groups attached to an aromatic ring is 1. The van der Waals surface area contributed by atoms with Crippen molar-refractivity contribution < 1.29 is 9.84 Å². The van der Waals surface area contributed by atoms with Crippen LogP contribution in [0.2, 0.25) is 0 Å². The predicted molar refractivity (Wildman–Crippen MR) is 81.6 cm³/mol. The highest BCUT2D eigenvalue weighted by Crippen LogP contribution is 2.37. The molecular formula is C15H17NO2S. The first kappa shape index (κ1) is 13.5. The average molecular weight is 275 g/mol. The van der Waals surface area contributed by atoms with Crippen molar-refractivity contribution >= 4 is 22.8 Å². The second-order valence-corrected chi connectivity index (χ2v) is 5.09. The highest BCUT2D eigenvalue weighted by molar-refractivity contribution is 7.12. The third kappa shape index (κ3) is 2.90. The fraction of sp³-hybridized carbons (Fsp3) is 0.200. The molecule has 0 aliphatic carbocycles. The van der Waals surface area contributed by atoms with E-state index in [-0.39, 0.29) is 5.76 Å². The lowest BCUT2D eigenvalue weighted by molar-refractivity contribution is 0.317. The Balaban J connectivity index is 2.34. The number of nitrogens with two attached hydrogens (primary N) is 1. The summed E-state index contributed by atoms with van der Waals surface area (Å²) < 4.78 is 5.61. The quantitative estimate of drug-likeness (QED) is 0.799. The second kappa shape index (κ2) is 5.80. The van der Waals surface area contributed by atoms with Crippen molar-refractivity contribution in [3.8, 4) is 16.9 Å². The monoisotopic (exact) mass is 275 g/mol. The Hall–Kier alpha value is -1.94. The molecule has 1 heterocycles. The minimum absolute atomic E-state index is 0.00661. The van der Waals surface area contributed by atoms with Crippen molar-refractivity contribution in [1.29, 1.82) is 0 Å². The van der Waals surface area contributed by atoms with Crippen LogP contribution in [0.3, 0.4) is 0 Å². The number of aliphatic hydroxyl groups is 1. The summed E-state index contributed by atoms with van der Waals surface area (Å²) in [6.45, 7) is 6.28. The van der Waals surface area contributed by atoms with Crippen LogP contribution < -0.4 is 10.5 Å². The standard InChI is InChI=1S/C15H17NO2S/c1-3-7-18-12-6-4-5-11(8-12)13-9-19-15(10(2)17)14(13)16/h4-6,8-9,17H,2-3,7,16H2,1H3. The van der Waals surface area contributed by atoms with E-state index in [9.17, 15) is 5.11 Å². The zero-order valence-electron chi connectivity index (χ0n) is 10.8. The van der Waals surface area contributed by atoms with Gasteiger partial charge in [-0.1, -0.05) is 25.6 Å². The van der Waals surface area contributed by atoms with E-state index in [0.29, 0.717) is 17.2 Å². The number of hydrogen-bond donors (Lipinski definition) is 2. The van der Waals surface area contributed by atoms with Gasteiger partial charge in [-0.15, -0.1) is 11.3 Å². The molecule has 2 rings (SSSR count). The fourth-order valence-electron chi connectivity index (χ4n) is 1.79. The first-order valence-electron chi connectivity index (χ1n) is 6.12. The molecule has 0 radical (unpaired) electrons. The number of aliphatic hydroxyl groups excluding tert-OH is 1. The summed E-state index contributed by atoms with van der Waals surface area (Å²) in [5.74, 6) is 0.835. The zero-order valence-corrected chi connectivity index (χ0v) is 11.7.